The molecule has 11 heteroatoms. The number of hydrogen-bond acceptors (Lipinski definition) is 4. The Kier molecular flexibility index (Phi) is 7.20. The Bertz CT molecular complexity index is 1010. The molecule has 1 saturated heterocycles. The second-order valence-corrected chi connectivity index (χ2v) is 9.79. The molecule has 0 bridgehead atoms. The van der Waals surface area contributed by atoms with Crippen molar-refractivity contribution in [3.63, 3.8) is 0 Å². The maximum absolute atomic E-state index is 14.6. The summed E-state index contributed by atoms with van der Waals surface area (Å²) in [6.07, 6.45) is 0.620. The van der Waals surface area contributed by atoms with Gasteiger partial charge < -0.3 is 10.6 Å². The molecule has 0 spiro atoms. The number of anilines is 3. The lowest BCUT2D eigenvalue weighted by molar-refractivity contribution is 0.263. The van der Waals surface area contributed by atoms with Crippen LogP contribution in [0.2, 0.25) is 5.02 Å². The number of nitrogens with one attached hydrogen (secondary N) is 3. The lowest BCUT2D eigenvalue weighted by atomic mass is 10.2. The summed E-state index contributed by atoms with van der Waals surface area (Å²) in [7, 11) is -3.98. The third-order valence-corrected chi connectivity index (χ3v) is 7.16. The van der Waals surface area contributed by atoms with Gasteiger partial charge in [0, 0.05) is 29.2 Å². The molecule has 0 radical (unpaired) electrons. The lowest BCUT2D eigenvalue weighted by Crippen LogP contribution is -2.54. The van der Waals surface area contributed by atoms with Gasteiger partial charge in [0.1, 0.15) is 5.69 Å². The van der Waals surface area contributed by atoms with Gasteiger partial charge in [-0.1, -0.05) is 18.5 Å². The number of rotatable bonds is 6. The molecular weight excluding hydrogens is 537 g/mol. The van der Waals surface area contributed by atoms with Crippen molar-refractivity contribution in [1.29, 1.82) is 0 Å². The summed E-state index contributed by atoms with van der Waals surface area (Å²) in [5, 5.41) is 6.17. The molecule has 1 unspecified atom stereocenters. The average Bonchev–Trinajstić information content (AvgIpc) is 2.69. The number of hydrogen-bond donors (Lipinski definition) is 3. The van der Waals surface area contributed by atoms with Gasteiger partial charge >= 0.3 is 10.2 Å². The van der Waals surface area contributed by atoms with Gasteiger partial charge in [0.25, 0.3) is 0 Å². The van der Waals surface area contributed by atoms with Crippen LogP contribution in [0, 0.1) is 15.2 Å². The first kappa shape index (κ1) is 22.5. The third-order valence-electron chi connectivity index (χ3n) is 4.60. The highest BCUT2D eigenvalue weighted by Gasteiger charge is 2.32. The summed E-state index contributed by atoms with van der Waals surface area (Å²) in [6, 6.07) is 6.83. The molecule has 0 aliphatic carbocycles. The Morgan fingerprint density at radius 1 is 1.28 bits per heavy atom. The minimum absolute atomic E-state index is 0.105. The predicted molar refractivity (Wildman–Crippen MR) is 120 cm³/mol. The highest BCUT2D eigenvalue weighted by Crippen LogP contribution is 2.34. The first-order valence-corrected chi connectivity index (χ1v) is 11.8. The van der Waals surface area contributed by atoms with Crippen LogP contribution in [0.1, 0.15) is 13.3 Å². The van der Waals surface area contributed by atoms with Crippen molar-refractivity contribution in [3.8, 4) is 0 Å². The van der Waals surface area contributed by atoms with Crippen LogP contribution < -0.4 is 15.4 Å². The maximum Gasteiger partial charge on any atom is 0.302 e. The van der Waals surface area contributed by atoms with E-state index in [-0.39, 0.29) is 24.0 Å². The van der Waals surface area contributed by atoms with E-state index < -0.39 is 21.8 Å². The maximum atomic E-state index is 14.6. The third kappa shape index (κ3) is 5.10. The van der Waals surface area contributed by atoms with E-state index in [0.717, 1.165) is 9.64 Å². The van der Waals surface area contributed by atoms with Crippen LogP contribution in [0.3, 0.4) is 0 Å². The van der Waals surface area contributed by atoms with Gasteiger partial charge in [0.15, 0.2) is 11.6 Å². The molecule has 0 amide bonds. The van der Waals surface area contributed by atoms with E-state index in [1.54, 1.807) is 18.2 Å². The minimum atomic E-state index is -3.98. The molecule has 2 aromatic rings. The van der Waals surface area contributed by atoms with Gasteiger partial charge in [-0.15, -0.1) is 0 Å². The van der Waals surface area contributed by atoms with Crippen LogP contribution in [0.25, 0.3) is 0 Å². The SMILES string of the molecule is CCC1CNCCN1S(=O)(=O)Nc1ccc(F)c(F)c1Nc1ccc(I)cc1Cl. The van der Waals surface area contributed by atoms with Crippen LogP contribution in [0.15, 0.2) is 30.3 Å². The van der Waals surface area contributed by atoms with Gasteiger partial charge in [-0.05, 0) is 59.3 Å². The number of halogens is 4. The molecule has 6 nitrogen and oxygen atoms in total. The van der Waals surface area contributed by atoms with E-state index in [2.05, 4.69) is 37.9 Å². The standard InChI is InChI=1S/C18H20ClF2IN4O2S/c1-2-12-10-23-7-8-26(12)29(27,28)25-16-6-4-14(20)17(21)18(16)24-15-5-3-11(22)9-13(15)19/h3-6,9,12,23-25H,2,7-8,10H2,1H3. The van der Waals surface area contributed by atoms with Crippen LogP contribution in [-0.4, -0.2) is 38.4 Å². The molecule has 1 atom stereocenters. The normalized spacial score (nSPS) is 17.9. The Morgan fingerprint density at radius 3 is 2.69 bits per heavy atom. The second kappa shape index (κ2) is 9.29. The number of nitrogens with zero attached hydrogens (tertiary/aromatic N) is 1. The summed E-state index contributed by atoms with van der Waals surface area (Å²) in [5.74, 6) is -2.31. The van der Waals surface area contributed by atoms with Crippen molar-refractivity contribution in [1.82, 2.24) is 9.62 Å². The highest BCUT2D eigenvalue weighted by atomic mass is 127. The lowest BCUT2D eigenvalue weighted by Gasteiger charge is -2.34. The quantitative estimate of drug-likeness (QED) is 0.464. The van der Waals surface area contributed by atoms with E-state index >= 15 is 0 Å². The fraction of sp³-hybridized carbons (Fsp3) is 0.333. The largest absolute Gasteiger partial charge is 0.350 e. The Balaban J connectivity index is 1.96. The van der Waals surface area contributed by atoms with Crippen LogP contribution in [0.4, 0.5) is 25.8 Å². The van der Waals surface area contributed by atoms with Crippen LogP contribution >= 0.6 is 34.2 Å². The molecular formula is C18H20ClF2IN4O2S. The van der Waals surface area contributed by atoms with E-state index in [4.69, 9.17) is 11.6 Å². The van der Waals surface area contributed by atoms with Crippen molar-refractivity contribution in [2.75, 3.05) is 29.7 Å². The molecule has 2 aromatic carbocycles. The fourth-order valence-corrected chi connectivity index (χ4v) is 5.50. The molecule has 1 aliphatic rings. The smallest absolute Gasteiger partial charge is 0.302 e. The Hall–Kier alpha value is -1.21. The summed E-state index contributed by atoms with van der Waals surface area (Å²) in [6.45, 7) is 3.21. The topological polar surface area (TPSA) is 73.5 Å². The molecule has 1 aliphatic heterocycles. The zero-order chi connectivity index (χ0) is 21.2. The van der Waals surface area contributed by atoms with Crippen LogP contribution in [0.5, 0.6) is 0 Å². The van der Waals surface area contributed by atoms with Crippen molar-refractivity contribution in [2.45, 2.75) is 19.4 Å². The Labute approximate surface area is 187 Å². The number of benzene rings is 2. The molecule has 158 valence electrons. The minimum Gasteiger partial charge on any atom is -0.350 e. The summed E-state index contributed by atoms with van der Waals surface area (Å²) >= 11 is 8.25. The van der Waals surface area contributed by atoms with E-state index in [1.165, 1.54) is 10.4 Å². The van der Waals surface area contributed by atoms with Crippen LogP contribution in [-0.2, 0) is 10.2 Å². The van der Waals surface area contributed by atoms with E-state index in [1.807, 2.05) is 6.92 Å². The molecule has 1 fully saturated rings. The average molecular weight is 557 g/mol. The van der Waals surface area contributed by atoms with Crippen molar-refractivity contribution >= 4 is 61.5 Å². The molecule has 29 heavy (non-hydrogen) atoms. The first-order valence-electron chi connectivity index (χ1n) is 8.93. The zero-order valence-corrected chi connectivity index (χ0v) is 19.2. The first-order chi connectivity index (χ1) is 13.7. The monoisotopic (exact) mass is 556 g/mol. The Morgan fingerprint density at radius 2 is 2.00 bits per heavy atom. The second-order valence-electron chi connectivity index (χ2n) is 6.52. The molecule has 1 heterocycles. The molecule has 0 aromatic heterocycles. The van der Waals surface area contributed by atoms with Gasteiger partial charge in [-0.25, -0.2) is 8.78 Å². The van der Waals surface area contributed by atoms with E-state index in [9.17, 15) is 17.2 Å². The number of piperazine rings is 1. The summed E-state index contributed by atoms with van der Waals surface area (Å²) < 4.78 is 59.0. The fourth-order valence-electron chi connectivity index (χ4n) is 3.09. The van der Waals surface area contributed by atoms with Gasteiger partial charge in [-0.3, -0.25) is 4.72 Å². The van der Waals surface area contributed by atoms with Crippen molar-refractivity contribution in [3.05, 3.63) is 50.6 Å². The van der Waals surface area contributed by atoms with Gasteiger partial charge in [0.2, 0.25) is 0 Å². The predicted octanol–water partition coefficient (Wildman–Crippen LogP) is 4.31. The van der Waals surface area contributed by atoms with Gasteiger partial charge in [0.05, 0.1) is 16.4 Å². The summed E-state index contributed by atoms with van der Waals surface area (Å²) in [5.41, 5.74) is -0.114. The molecule has 3 rings (SSSR count). The zero-order valence-electron chi connectivity index (χ0n) is 15.5. The summed E-state index contributed by atoms with van der Waals surface area (Å²) in [4.78, 5) is 0. The van der Waals surface area contributed by atoms with E-state index in [0.29, 0.717) is 30.2 Å². The highest BCUT2D eigenvalue weighted by molar-refractivity contribution is 14.1. The molecule has 3 N–H and O–H groups in total. The van der Waals surface area contributed by atoms with Crippen molar-refractivity contribution < 1.29 is 17.2 Å². The van der Waals surface area contributed by atoms with Crippen molar-refractivity contribution in [2.24, 2.45) is 0 Å². The van der Waals surface area contributed by atoms with Gasteiger partial charge in [-0.2, -0.15) is 12.7 Å². The molecule has 0 saturated carbocycles.